The van der Waals surface area contributed by atoms with Crippen molar-refractivity contribution in [2.45, 2.75) is 26.8 Å². The van der Waals surface area contributed by atoms with E-state index >= 15 is 0 Å². The normalized spacial score (nSPS) is 18.7. The first-order valence-electron chi connectivity index (χ1n) is 6.64. The third kappa shape index (κ3) is 2.91. The van der Waals surface area contributed by atoms with Gasteiger partial charge in [-0.15, -0.1) is 0 Å². The van der Waals surface area contributed by atoms with Crippen LogP contribution in [-0.4, -0.2) is 41.9 Å². The van der Waals surface area contributed by atoms with Gasteiger partial charge in [0.15, 0.2) is 0 Å². The molecule has 0 radical (unpaired) electrons. The Morgan fingerprint density at radius 2 is 1.67 bits per heavy atom. The molecule has 0 N–H and O–H groups in total. The molecule has 1 aliphatic rings. The molecule has 0 saturated carbocycles. The number of nitrogens with zero attached hydrogens (tertiary/aromatic N) is 2. The number of amides is 1. The third-order valence-corrected chi connectivity index (χ3v) is 3.87. The maximum atomic E-state index is 11.3. The van der Waals surface area contributed by atoms with Crippen molar-refractivity contribution in [2.24, 2.45) is 0 Å². The van der Waals surface area contributed by atoms with Crippen LogP contribution in [0.25, 0.3) is 0 Å². The van der Waals surface area contributed by atoms with Crippen LogP contribution in [0.2, 0.25) is 0 Å². The van der Waals surface area contributed by atoms with E-state index in [0.29, 0.717) is 6.04 Å². The zero-order valence-corrected chi connectivity index (χ0v) is 11.5. The molecule has 18 heavy (non-hydrogen) atoms. The molecule has 98 valence electrons. The molecule has 0 bridgehead atoms. The molecule has 1 heterocycles. The average molecular weight is 246 g/mol. The summed E-state index contributed by atoms with van der Waals surface area (Å²) in [5.41, 5.74) is 2.66. The molecule has 1 aromatic rings. The maximum absolute atomic E-state index is 11.3. The summed E-state index contributed by atoms with van der Waals surface area (Å²) in [6, 6.07) is 9.17. The summed E-state index contributed by atoms with van der Waals surface area (Å²) in [6.07, 6.45) is 0. The Morgan fingerprint density at radius 3 is 2.17 bits per heavy atom. The van der Waals surface area contributed by atoms with Gasteiger partial charge in [0.2, 0.25) is 5.91 Å². The van der Waals surface area contributed by atoms with Gasteiger partial charge in [0, 0.05) is 39.1 Å². The van der Waals surface area contributed by atoms with Crippen molar-refractivity contribution >= 4 is 5.91 Å². The summed E-state index contributed by atoms with van der Waals surface area (Å²) in [4.78, 5) is 15.7. The van der Waals surface area contributed by atoms with Crippen molar-refractivity contribution < 1.29 is 4.79 Å². The zero-order valence-electron chi connectivity index (χ0n) is 11.5. The first-order valence-corrected chi connectivity index (χ1v) is 6.64. The molecular formula is C15H22N2O. The molecule has 1 amide bonds. The van der Waals surface area contributed by atoms with Crippen LogP contribution in [0.5, 0.6) is 0 Å². The molecule has 0 spiro atoms. The first kappa shape index (κ1) is 13.1. The van der Waals surface area contributed by atoms with E-state index in [1.54, 1.807) is 6.92 Å². The Hall–Kier alpha value is -1.35. The highest BCUT2D eigenvalue weighted by molar-refractivity contribution is 5.73. The number of hydrogen-bond donors (Lipinski definition) is 0. The summed E-state index contributed by atoms with van der Waals surface area (Å²) in [5.74, 6) is 0.192. The maximum Gasteiger partial charge on any atom is 0.219 e. The highest BCUT2D eigenvalue weighted by atomic mass is 16.2. The smallest absolute Gasteiger partial charge is 0.219 e. The average Bonchev–Trinajstić information content (AvgIpc) is 2.39. The lowest BCUT2D eigenvalue weighted by Gasteiger charge is -2.37. The van der Waals surface area contributed by atoms with E-state index in [4.69, 9.17) is 0 Å². The molecule has 2 rings (SSSR count). The van der Waals surface area contributed by atoms with Gasteiger partial charge in [-0.2, -0.15) is 0 Å². The van der Waals surface area contributed by atoms with Crippen molar-refractivity contribution in [1.82, 2.24) is 9.80 Å². The van der Waals surface area contributed by atoms with Crippen LogP contribution in [0.3, 0.4) is 0 Å². The fraction of sp³-hybridized carbons (Fsp3) is 0.533. The predicted octanol–water partition coefficient (Wildman–Crippen LogP) is 2.22. The van der Waals surface area contributed by atoms with Crippen molar-refractivity contribution in [1.29, 1.82) is 0 Å². The summed E-state index contributed by atoms with van der Waals surface area (Å²) in [6.45, 7) is 9.65. The van der Waals surface area contributed by atoms with Crippen LogP contribution < -0.4 is 0 Å². The van der Waals surface area contributed by atoms with Gasteiger partial charge >= 0.3 is 0 Å². The number of carbonyl (C=O) groups excluding carboxylic acids is 1. The zero-order chi connectivity index (χ0) is 13.1. The standard InChI is InChI=1S/C15H22N2O/c1-12-4-6-15(7-5-12)13(2)16-8-10-17(11-9-16)14(3)18/h4-7,13H,8-11H2,1-3H3. The van der Waals surface area contributed by atoms with Gasteiger partial charge in [0.05, 0.1) is 0 Å². The van der Waals surface area contributed by atoms with Gasteiger partial charge in [0.1, 0.15) is 0 Å². The Bertz CT molecular complexity index is 405. The lowest BCUT2D eigenvalue weighted by Crippen LogP contribution is -2.48. The van der Waals surface area contributed by atoms with E-state index in [2.05, 4.69) is 43.0 Å². The fourth-order valence-electron chi connectivity index (χ4n) is 2.48. The van der Waals surface area contributed by atoms with Crippen LogP contribution >= 0.6 is 0 Å². The van der Waals surface area contributed by atoms with E-state index in [-0.39, 0.29) is 5.91 Å². The first-order chi connectivity index (χ1) is 8.58. The number of aryl methyl sites for hydroxylation is 1. The molecule has 0 aromatic heterocycles. The topological polar surface area (TPSA) is 23.6 Å². The van der Waals surface area contributed by atoms with Crippen LogP contribution in [0.4, 0.5) is 0 Å². The number of benzene rings is 1. The minimum absolute atomic E-state index is 0.192. The molecule has 1 atom stereocenters. The lowest BCUT2D eigenvalue weighted by atomic mass is 10.0. The molecule has 1 unspecified atom stereocenters. The van der Waals surface area contributed by atoms with Crippen molar-refractivity contribution in [2.75, 3.05) is 26.2 Å². The second-order valence-electron chi connectivity index (χ2n) is 5.13. The Balaban J connectivity index is 1.97. The van der Waals surface area contributed by atoms with Gasteiger partial charge in [-0.25, -0.2) is 0 Å². The molecular weight excluding hydrogens is 224 g/mol. The number of carbonyl (C=O) groups is 1. The van der Waals surface area contributed by atoms with Gasteiger partial charge in [-0.05, 0) is 19.4 Å². The van der Waals surface area contributed by atoms with E-state index in [1.807, 2.05) is 4.90 Å². The number of piperazine rings is 1. The number of hydrogen-bond acceptors (Lipinski definition) is 2. The van der Waals surface area contributed by atoms with Crippen LogP contribution in [-0.2, 0) is 4.79 Å². The quantitative estimate of drug-likeness (QED) is 0.799. The van der Waals surface area contributed by atoms with Crippen LogP contribution in [0, 0.1) is 6.92 Å². The Labute approximate surface area is 109 Å². The van der Waals surface area contributed by atoms with Gasteiger partial charge < -0.3 is 4.90 Å². The van der Waals surface area contributed by atoms with Crippen LogP contribution in [0.1, 0.15) is 31.0 Å². The van der Waals surface area contributed by atoms with Crippen molar-refractivity contribution in [3.63, 3.8) is 0 Å². The minimum Gasteiger partial charge on any atom is -0.340 e. The molecule has 1 aromatic carbocycles. The Morgan fingerprint density at radius 1 is 1.11 bits per heavy atom. The minimum atomic E-state index is 0.192. The fourth-order valence-corrected chi connectivity index (χ4v) is 2.48. The predicted molar refractivity (Wildman–Crippen MR) is 73.4 cm³/mol. The number of rotatable bonds is 2. The molecule has 3 heteroatoms. The largest absolute Gasteiger partial charge is 0.340 e. The molecule has 0 aliphatic carbocycles. The van der Waals surface area contributed by atoms with Gasteiger partial charge in [-0.3, -0.25) is 9.69 Å². The highest BCUT2D eigenvalue weighted by Crippen LogP contribution is 2.21. The van der Waals surface area contributed by atoms with E-state index in [1.165, 1.54) is 11.1 Å². The van der Waals surface area contributed by atoms with Crippen LogP contribution in [0.15, 0.2) is 24.3 Å². The highest BCUT2D eigenvalue weighted by Gasteiger charge is 2.22. The molecule has 1 fully saturated rings. The summed E-state index contributed by atoms with van der Waals surface area (Å²) >= 11 is 0. The van der Waals surface area contributed by atoms with Crippen molar-refractivity contribution in [3.8, 4) is 0 Å². The second kappa shape index (κ2) is 5.53. The summed E-state index contributed by atoms with van der Waals surface area (Å²) in [7, 11) is 0. The SMILES string of the molecule is CC(=O)N1CCN(C(C)c2ccc(C)cc2)CC1. The summed E-state index contributed by atoms with van der Waals surface area (Å²) < 4.78 is 0. The van der Waals surface area contributed by atoms with E-state index in [9.17, 15) is 4.79 Å². The van der Waals surface area contributed by atoms with Gasteiger partial charge in [-0.1, -0.05) is 29.8 Å². The molecule has 1 saturated heterocycles. The summed E-state index contributed by atoms with van der Waals surface area (Å²) in [5, 5.41) is 0. The Kier molecular flexibility index (Phi) is 4.02. The molecule has 3 nitrogen and oxygen atoms in total. The second-order valence-corrected chi connectivity index (χ2v) is 5.13. The monoisotopic (exact) mass is 246 g/mol. The molecule has 1 aliphatic heterocycles. The van der Waals surface area contributed by atoms with Gasteiger partial charge in [0.25, 0.3) is 0 Å². The van der Waals surface area contributed by atoms with E-state index < -0.39 is 0 Å². The van der Waals surface area contributed by atoms with E-state index in [0.717, 1.165) is 26.2 Å². The third-order valence-electron chi connectivity index (χ3n) is 3.87. The lowest BCUT2D eigenvalue weighted by molar-refractivity contribution is -0.130. The van der Waals surface area contributed by atoms with Crippen molar-refractivity contribution in [3.05, 3.63) is 35.4 Å².